The van der Waals surface area contributed by atoms with Gasteiger partial charge >= 0.3 is 0 Å². The summed E-state index contributed by atoms with van der Waals surface area (Å²) in [5.74, 6) is 0.752. The van der Waals surface area contributed by atoms with Gasteiger partial charge in [-0.15, -0.1) is 16.4 Å². The van der Waals surface area contributed by atoms with Gasteiger partial charge in [0.1, 0.15) is 0 Å². The molecule has 3 aromatic rings. The number of thioether (sulfide) groups is 1. The number of hydrogen-bond acceptors (Lipinski definition) is 5. The van der Waals surface area contributed by atoms with Crippen LogP contribution >= 0.6 is 23.1 Å². The van der Waals surface area contributed by atoms with Gasteiger partial charge in [-0.05, 0) is 30.5 Å². The highest BCUT2D eigenvalue weighted by Gasteiger charge is 2.21. The third kappa shape index (κ3) is 3.62. The van der Waals surface area contributed by atoms with Gasteiger partial charge in [0.2, 0.25) is 11.1 Å². The van der Waals surface area contributed by atoms with Crippen LogP contribution in [0, 0.1) is 0 Å². The lowest BCUT2D eigenvalue weighted by Gasteiger charge is -2.20. The first-order valence-corrected chi connectivity index (χ1v) is 8.86. The van der Waals surface area contributed by atoms with E-state index in [4.69, 9.17) is 0 Å². The third-order valence-electron chi connectivity index (χ3n) is 3.32. The monoisotopic (exact) mass is 344 g/mol. The Bertz CT molecular complexity index is 771. The van der Waals surface area contributed by atoms with Gasteiger partial charge in [0.25, 0.3) is 0 Å². The molecule has 0 fully saturated rings. The van der Waals surface area contributed by atoms with E-state index in [1.165, 1.54) is 11.8 Å². The maximum absolute atomic E-state index is 12.5. The lowest BCUT2D eigenvalue weighted by molar-refractivity contribution is -0.117. The van der Waals surface area contributed by atoms with Gasteiger partial charge in [-0.1, -0.05) is 36.0 Å². The number of thiophene rings is 1. The summed E-state index contributed by atoms with van der Waals surface area (Å²) in [7, 11) is 1.78. The Morgan fingerprint density at radius 1 is 1.26 bits per heavy atom. The molecule has 5 nitrogen and oxygen atoms in total. The van der Waals surface area contributed by atoms with E-state index in [-0.39, 0.29) is 11.2 Å². The number of aromatic nitrogens is 3. The fourth-order valence-corrected chi connectivity index (χ4v) is 3.56. The first-order chi connectivity index (χ1) is 11.1. The minimum Gasteiger partial charge on any atom is -0.315 e. The van der Waals surface area contributed by atoms with Gasteiger partial charge in [0.05, 0.1) is 10.1 Å². The van der Waals surface area contributed by atoms with E-state index in [1.807, 2.05) is 54.8 Å². The number of carbonyl (C=O) groups excluding carboxylic acids is 1. The van der Waals surface area contributed by atoms with Gasteiger partial charge in [-0.3, -0.25) is 9.89 Å². The summed E-state index contributed by atoms with van der Waals surface area (Å²) < 4.78 is 0. The zero-order valence-electron chi connectivity index (χ0n) is 12.8. The summed E-state index contributed by atoms with van der Waals surface area (Å²) in [6, 6.07) is 13.5. The van der Waals surface area contributed by atoms with Crippen LogP contribution in [0.2, 0.25) is 0 Å². The Labute approximate surface area is 142 Å². The van der Waals surface area contributed by atoms with Crippen molar-refractivity contribution < 1.29 is 4.79 Å². The lowest BCUT2D eigenvalue weighted by Crippen LogP contribution is -2.33. The topological polar surface area (TPSA) is 61.9 Å². The fraction of sp³-hybridized carbons (Fsp3) is 0.188. The Morgan fingerprint density at radius 2 is 2.04 bits per heavy atom. The van der Waals surface area contributed by atoms with Crippen LogP contribution in [0.1, 0.15) is 6.92 Å². The molecule has 0 unspecified atom stereocenters. The van der Waals surface area contributed by atoms with Crippen molar-refractivity contribution in [2.24, 2.45) is 0 Å². The van der Waals surface area contributed by atoms with Crippen LogP contribution in [0.4, 0.5) is 5.69 Å². The van der Waals surface area contributed by atoms with Gasteiger partial charge in [0, 0.05) is 12.7 Å². The molecule has 3 rings (SSSR count). The Kier molecular flexibility index (Phi) is 4.78. The second-order valence-electron chi connectivity index (χ2n) is 4.94. The maximum Gasteiger partial charge on any atom is 0.240 e. The average molecular weight is 344 g/mol. The molecule has 1 amide bonds. The fourth-order valence-electron chi connectivity index (χ4n) is 2.08. The smallest absolute Gasteiger partial charge is 0.240 e. The van der Waals surface area contributed by atoms with Crippen LogP contribution in [0.5, 0.6) is 0 Å². The minimum absolute atomic E-state index is 0.0173. The first kappa shape index (κ1) is 15.8. The number of H-pyrrole nitrogens is 1. The van der Waals surface area contributed by atoms with E-state index in [1.54, 1.807) is 23.3 Å². The normalized spacial score (nSPS) is 12.1. The number of amides is 1. The van der Waals surface area contributed by atoms with Crippen LogP contribution < -0.4 is 4.90 Å². The largest absolute Gasteiger partial charge is 0.315 e. The van der Waals surface area contributed by atoms with E-state index in [2.05, 4.69) is 15.2 Å². The van der Waals surface area contributed by atoms with Crippen molar-refractivity contribution in [3.05, 3.63) is 47.8 Å². The molecule has 2 aromatic heterocycles. The zero-order valence-corrected chi connectivity index (χ0v) is 14.4. The van der Waals surface area contributed by atoms with Crippen molar-refractivity contribution in [3.8, 4) is 10.7 Å². The molecule has 0 aliphatic rings. The van der Waals surface area contributed by atoms with Crippen molar-refractivity contribution in [3.63, 3.8) is 0 Å². The summed E-state index contributed by atoms with van der Waals surface area (Å²) >= 11 is 2.95. The molecule has 23 heavy (non-hydrogen) atoms. The molecule has 0 saturated carbocycles. The standard InChI is InChI=1S/C16H16N4OS2/c1-11(15(21)20(2)12-7-4-3-5-8-12)23-16-17-14(18-19-16)13-9-6-10-22-13/h3-11H,1-2H3,(H,17,18,19)/t11-/m1/s1. The number of aromatic amines is 1. The highest BCUT2D eigenvalue weighted by Crippen LogP contribution is 2.26. The van der Waals surface area contributed by atoms with Crippen LogP contribution in [0.15, 0.2) is 53.0 Å². The zero-order chi connectivity index (χ0) is 16.2. The van der Waals surface area contributed by atoms with Crippen LogP contribution in [-0.4, -0.2) is 33.4 Å². The van der Waals surface area contributed by atoms with E-state index < -0.39 is 0 Å². The first-order valence-electron chi connectivity index (χ1n) is 7.10. The summed E-state index contributed by atoms with van der Waals surface area (Å²) in [6.07, 6.45) is 0. The average Bonchev–Trinajstić information content (AvgIpc) is 3.25. The molecule has 118 valence electrons. The molecule has 0 aliphatic carbocycles. The molecule has 1 N–H and O–H groups in total. The van der Waals surface area contributed by atoms with Crippen molar-refractivity contribution >= 4 is 34.7 Å². The predicted molar refractivity (Wildman–Crippen MR) is 94.9 cm³/mol. The third-order valence-corrected chi connectivity index (χ3v) is 5.15. The highest BCUT2D eigenvalue weighted by molar-refractivity contribution is 8.00. The second kappa shape index (κ2) is 6.97. The number of carbonyl (C=O) groups is 1. The van der Waals surface area contributed by atoms with E-state index >= 15 is 0 Å². The molecule has 0 aliphatic heterocycles. The van der Waals surface area contributed by atoms with Gasteiger partial charge in [0.15, 0.2) is 5.82 Å². The summed E-state index contributed by atoms with van der Waals surface area (Å²) in [4.78, 5) is 19.7. The number of para-hydroxylation sites is 1. The number of nitrogens with one attached hydrogen (secondary N) is 1. The van der Waals surface area contributed by atoms with Crippen LogP contribution in [-0.2, 0) is 4.79 Å². The number of hydrogen-bond donors (Lipinski definition) is 1. The van der Waals surface area contributed by atoms with Gasteiger partial charge < -0.3 is 4.90 Å². The Hall–Kier alpha value is -2.12. The molecular weight excluding hydrogens is 328 g/mol. The summed E-state index contributed by atoms with van der Waals surface area (Å²) in [5.41, 5.74) is 0.874. The molecule has 0 bridgehead atoms. The maximum atomic E-state index is 12.5. The van der Waals surface area contributed by atoms with Gasteiger partial charge in [-0.25, -0.2) is 4.98 Å². The van der Waals surface area contributed by atoms with Crippen LogP contribution in [0.3, 0.4) is 0 Å². The van der Waals surface area contributed by atoms with Crippen LogP contribution in [0.25, 0.3) is 10.7 Å². The van der Waals surface area contributed by atoms with Gasteiger partial charge in [-0.2, -0.15) is 0 Å². The molecule has 7 heteroatoms. The molecule has 1 aromatic carbocycles. The summed E-state index contributed by atoms with van der Waals surface area (Å²) in [6.45, 7) is 1.87. The molecule has 0 spiro atoms. The molecule has 0 saturated heterocycles. The lowest BCUT2D eigenvalue weighted by atomic mass is 10.3. The van der Waals surface area contributed by atoms with E-state index in [0.29, 0.717) is 5.16 Å². The number of anilines is 1. The number of nitrogens with zero attached hydrogens (tertiary/aromatic N) is 3. The van der Waals surface area contributed by atoms with Crippen molar-refractivity contribution in [1.29, 1.82) is 0 Å². The van der Waals surface area contributed by atoms with Crippen molar-refractivity contribution in [1.82, 2.24) is 15.2 Å². The predicted octanol–water partition coefficient (Wildman–Crippen LogP) is 3.68. The summed E-state index contributed by atoms with van der Waals surface area (Å²) in [5, 5.41) is 9.41. The Balaban J connectivity index is 1.67. The molecular formula is C16H16N4OS2. The van der Waals surface area contributed by atoms with Crippen molar-refractivity contribution in [2.75, 3.05) is 11.9 Å². The Morgan fingerprint density at radius 3 is 2.74 bits per heavy atom. The number of benzene rings is 1. The second-order valence-corrected chi connectivity index (χ2v) is 7.19. The van der Waals surface area contributed by atoms with E-state index in [0.717, 1.165) is 16.4 Å². The SMILES string of the molecule is C[C@@H](Sc1n[nH]c(-c2cccs2)n1)C(=O)N(C)c1ccccc1. The molecule has 1 atom stereocenters. The van der Waals surface area contributed by atoms with Crippen molar-refractivity contribution in [2.45, 2.75) is 17.3 Å². The molecule has 0 radical (unpaired) electrons. The highest BCUT2D eigenvalue weighted by atomic mass is 32.2. The minimum atomic E-state index is -0.271. The van der Waals surface area contributed by atoms with E-state index in [9.17, 15) is 4.79 Å². The number of rotatable bonds is 5. The molecule has 2 heterocycles. The quantitative estimate of drug-likeness (QED) is 0.717.